The number of furan rings is 1. The van der Waals surface area contributed by atoms with Crippen molar-refractivity contribution in [2.75, 3.05) is 6.54 Å². The minimum atomic E-state index is -1.25. The van der Waals surface area contributed by atoms with Crippen LogP contribution in [0.4, 0.5) is 0 Å². The van der Waals surface area contributed by atoms with Crippen molar-refractivity contribution in [2.45, 2.75) is 12.5 Å². The fraction of sp³-hybridized carbons (Fsp3) is 0.167. The van der Waals surface area contributed by atoms with Gasteiger partial charge in [0.15, 0.2) is 0 Å². The Balaban J connectivity index is 1.80. The highest BCUT2D eigenvalue weighted by atomic mass is 16.4. The van der Waals surface area contributed by atoms with E-state index in [-0.39, 0.29) is 12.5 Å². The summed E-state index contributed by atoms with van der Waals surface area (Å²) in [5.41, 5.74) is -0.655. The quantitative estimate of drug-likeness (QED) is 0.777. The van der Waals surface area contributed by atoms with Gasteiger partial charge in [0.05, 0.1) is 12.8 Å². The highest BCUT2D eigenvalue weighted by molar-refractivity contribution is 6.07. The molecule has 3 rings (SSSR count). The van der Waals surface area contributed by atoms with E-state index in [1.807, 2.05) is 36.4 Å². The van der Waals surface area contributed by atoms with Gasteiger partial charge in [-0.1, -0.05) is 36.4 Å². The van der Waals surface area contributed by atoms with Crippen molar-refractivity contribution < 1.29 is 14.3 Å². The second kappa shape index (κ2) is 5.66. The number of benzene rings is 2. The summed E-state index contributed by atoms with van der Waals surface area (Å²) in [6, 6.07) is 16.7. The van der Waals surface area contributed by atoms with Crippen LogP contribution in [0.15, 0.2) is 65.3 Å². The second-order valence-corrected chi connectivity index (χ2v) is 5.46. The Bertz CT molecular complexity index is 786. The van der Waals surface area contributed by atoms with Crippen molar-refractivity contribution in [3.8, 4) is 0 Å². The van der Waals surface area contributed by atoms with Gasteiger partial charge in [-0.3, -0.25) is 4.79 Å². The molecule has 1 aromatic heterocycles. The highest BCUT2D eigenvalue weighted by Gasteiger charge is 2.27. The van der Waals surface area contributed by atoms with E-state index in [1.54, 1.807) is 25.1 Å². The van der Waals surface area contributed by atoms with E-state index in [4.69, 9.17) is 4.42 Å². The van der Waals surface area contributed by atoms with Crippen molar-refractivity contribution in [2.24, 2.45) is 0 Å². The molecule has 0 radical (unpaired) electrons. The summed E-state index contributed by atoms with van der Waals surface area (Å²) in [7, 11) is 0. The Hall–Kier alpha value is -2.59. The van der Waals surface area contributed by atoms with Crippen LogP contribution >= 0.6 is 0 Å². The zero-order chi connectivity index (χ0) is 15.6. The standard InChI is InChI=1S/C18H17NO3/c1-18(21,16-10-5-11-22-16)12-19-17(20)15-9-4-7-13-6-2-3-8-14(13)15/h2-11,21H,12H2,1H3,(H,19,20)/t18-/m1/s1. The van der Waals surface area contributed by atoms with Gasteiger partial charge < -0.3 is 14.8 Å². The molecule has 1 heterocycles. The summed E-state index contributed by atoms with van der Waals surface area (Å²) >= 11 is 0. The third kappa shape index (κ3) is 2.73. The lowest BCUT2D eigenvalue weighted by Crippen LogP contribution is -2.38. The Labute approximate surface area is 128 Å². The first-order chi connectivity index (χ1) is 10.6. The van der Waals surface area contributed by atoms with Gasteiger partial charge in [0, 0.05) is 5.56 Å². The molecular weight excluding hydrogens is 278 g/mol. The molecule has 0 saturated heterocycles. The second-order valence-electron chi connectivity index (χ2n) is 5.46. The Morgan fingerprint density at radius 2 is 1.91 bits per heavy atom. The van der Waals surface area contributed by atoms with Gasteiger partial charge in [0.25, 0.3) is 5.91 Å². The maximum Gasteiger partial charge on any atom is 0.252 e. The lowest BCUT2D eigenvalue weighted by Gasteiger charge is -2.21. The number of carbonyl (C=O) groups excluding carboxylic acids is 1. The molecule has 2 N–H and O–H groups in total. The van der Waals surface area contributed by atoms with E-state index in [0.29, 0.717) is 11.3 Å². The van der Waals surface area contributed by atoms with Crippen LogP contribution in [0.2, 0.25) is 0 Å². The van der Waals surface area contributed by atoms with Gasteiger partial charge in [0.2, 0.25) is 0 Å². The van der Waals surface area contributed by atoms with E-state index in [1.165, 1.54) is 6.26 Å². The molecular formula is C18H17NO3. The molecule has 0 bridgehead atoms. The van der Waals surface area contributed by atoms with Gasteiger partial charge >= 0.3 is 0 Å². The maximum absolute atomic E-state index is 12.4. The van der Waals surface area contributed by atoms with Crippen LogP contribution in [0.1, 0.15) is 23.0 Å². The van der Waals surface area contributed by atoms with Gasteiger partial charge in [0.1, 0.15) is 11.4 Å². The van der Waals surface area contributed by atoms with Crippen LogP contribution < -0.4 is 5.32 Å². The van der Waals surface area contributed by atoms with Gasteiger partial charge in [-0.2, -0.15) is 0 Å². The molecule has 2 aromatic carbocycles. The number of hydrogen-bond acceptors (Lipinski definition) is 3. The van der Waals surface area contributed by atoms with Crippen molar-refractivity contribution in [1.29, 1.82) is 0 Å². The minimum absolute atomic E-state index is 0.0720. The monoisotopic (exact) mass is 295 g/mol. The Morgan fingerprint density at radius 3 is 2.68 bits per heavy atom. The van der Waals surface area contributed by atoms with E-state index in [9.17, 15) is 9.90 Å². The first kappa shape index (κ1) is 14.4. The number of amides is 1. The molecule has 0 fully saturated rings. The van der Waals surface area contributed by atoms with Crippen molar-refractivity contribution >= 4 is 16.7 Å². The maximum atomic E-state index is 12.4. The molecule has 0 aliphatic carbocycles. The fourth-order valence-corrected chi connectivity index (χ4v) is 2.44. The molecule has 0 unspecified atom stereocenters. The summed E-state index contributed by atoms with van der Waals surface area (Å²) in [5, 5.41) is 15.0. The van der Waals surface area contributed by atoms with E-state index >= 15 is 0 Å². The molecule has 4 nitrogen and oxygen atoms in total. The van der Waals surface area contributed by atoms with Crippen LogP contribution in [-0.2, 0) is 5.60 Å². The lowest BCUT2D eigenvalue weighted by atomic mass is 10.0. The Morgan fingerprint density at radius 1 is 1.14 bits per heavy atom. The molecule has 112 valence electrons. The fourth-order valence-electron chi connectivity index (χ4n) is 2.44. The van der Waals surface area contributed by atoms with E-state index in [2.05, 4.69) is 5.32 Å². The predicted octanol–water partition coefficient (Wildman–Crippen LogP) is 3.07. The first-order valence-electron chi connectivity index (χ1n) is 7.10. The first-order valence-corrected chi connectivity index (χ1v) is 7.10. The van der Waals surface area contributed by atoms with Crippen molar-refractivity contribution in [3.63, 3.8) is 0 Å². The zero-order valence-corrected chi connectivity index (χ0v) is 12.2. The normalized spacial score (nSPS) is 13.7. The minimum Gasteiger partial charge on any atom is -0.466 e. The summed E-state index contributed by atoms with van der Waals surface area (Å²) in [6.07, 6.45) is 1.50. The molecule has 0 aliphatic heterocycles. The average Bonchev–Trinajstić information content (AvgIpc) is 3.07. The summed E-state index contributed by atoms with van der Waals surface area (Å²) in [6.45, 7) is 1.68. The average molecular weight is 295 g/mol. The van der Waals surface area contributed by atoms with E-state index in [0.717, 1.165) is 10.8 Å². The molecule has 4 heteroatoms. The molecule has 1 atom stereocenters. The smallest absolute Gasteiger partial charge is 0.252 e. The SMILES string of the molecule is C[C@@](O)(CNC(=O)c1cccc2ccccc12)c1ccco1. The molecule has 3 aromatic rings. The van der Waals surface area contributed by atoms with Crippen LogP contribution in [0, 0.1) is 0 Å². The molecule has 0 spiro atoms. The highest BCUT2D eigenvalue weighted by Crippen LogP contribution is 2.21. The molecule has 0 saturated carbocycles. The zero-order valence-electron chi connectivity index (χ0n) is 12.2. The molecule has 0 aliphatic rings. The van der Waals surface area contributed by atoms with Gasteiger partial charge in [-0.15, -0.1) is 0 Å². The number of nitrogens with one attached hydrogen (secondary N) is 1. The van der Waals surface area contributed by atoms with Gasteiger partial charge in [-0.25, -0.2) is 0 Å². The lowest BCUT2D eigenvalue weighted by molar-refractivity contribution is 0.0330. The van der Waals surface area contributed by atoms with Crippen LogP contribution in [0.25, 0.3) is 10.8 Å². The summed E-state index contributed by atoms with van der Waals surface area (Å²) < 4.78 is 5.21. The third-order valence-electron chi connectivity index (χ3n) is 3.68. The van der Waals surface area contributed by atoms with E-state index < -0.39 is 5.60 Å². The number of hydrogen-bond donors (Lipinski definition) is 2. The largest absolute Gasteiger partial charge is 0.466 e. The predicted molar refractivity (Wildman–Crippen MR) is 84.6 cm³/mol. The van der Waals surface area contributed by atoms with Crippen molar-refractivity contribution in [1.82, 2.24) is 5.32 Å². The molecule has 22 heavy (non-hydrogen) atoms. The van der Waals surface area contributed by atoms with Gasteiger partial charge in [-0.05, 0) is 35.9 Å². The number of rotatable bonds is 4. The molecule has 1 amide bonds. The van der Waals surface area contributed by atoms with Crippen molar-refractivity contribution in [3.05, 3.63) is 72.2 Å². The third-order valence-corrected chi connectivity index (χ3v) is 3.68. The van der Waals surface area contributed by atoms with Crippen LogP contribution in [0.5, 0.6) is 0 Å². The summed E-state index contributed by atoms with van der Waals surface area (Å²) in [5.74, 6) is 0.203. The number of fused-ring (bicyclic) bond motifs is 1. The summed E-state index contributed by atoms with van der Waals surface area (Å²) in [4.78, 5) is 12.4. The number of aliphatic hydroxyl groups is 1. The van der Waals surface area contributed by atoms with Crippen LogP contribution in [0.3, 0.4) is 0 Å². The van der Waals surface area contributed by atoms with Crippen LogP contribution in [-0.4, -0.2) is 17.6 Å². The topological polar surface area (TPSA) is 62.5 Å². The Kier molecular flexibility index (Phi) is 3.69. The number of carbonyl (C=O) groups is 1.